The lowest BCUT2D eigenvalue weighted by atomic mass is 10.1. The first-order chi connectivity index (χ1) is 13.7. The highest BCUT2D eigenvalue weighted by atomic mass is 31.2. The van der Waals surface area contributed by atoms with Gasteiger partial charge in [0.2, 0.25) is 0 Å². The number of hydrogen-bond donors (Lipinski definition) is 0. The van der Waals surface area contributed by atoms with Crippen LogP contribution in [0.15, 0.2) is 0 Å². The molecule has 0 aliphatic rings. The molecule has 0 aliphatic heterocycles. The van der Waals surface area contributed by atoms with E-state index in [-0.39, 0.29) is 0 Å². The summed E-state index contributed by atoms with van der Waals surface area (Å²) in [6, 6.07) is 0. The molecule has 0 bridgehead atoms. The van der Waals surface area contributed by atoms with Crippen molar-refractivity contribution in [2.24, 2.45) is 0 Å². The Morgan fingerprint density at radius 2 is 0.786 bits per heavy atom. The van der Waals surface area contributed by atoms with Crippen LogP contribution < -0.4 is 0 Å². The summed E-state index contributed by atoms with van der Waals surface area (Å²) in [5.41, 5.74) is 0. The first-order valence-electron chi connectivity index (χ1n) is 12.6. The van der Waals surface area contributed by atoms with Gasteiger partial charge in [0, 0.05) is 0 Å². The summed E-state index contributed by atoms with van der Waals surface area (Å²) in [6.45, 7) is 7.82. The molecule has 0 heterocycles. The van der Waals surface area contributed by atoms with E-state index in [0.717, 1.165) is 25.7 Å². The van der Waals surface area contributed by atoms with Crippen LogP contribution in [0.4, 0.5) is 0 Å². The quantitative estimate of drug-likeness (QED) is 0.122. The van der Waals surface area contributed by atoms with Gasteiger partial charge in [-0.15, -0.1) is 0 Å². The van der Waals surface area contributed by atoms with E-state index in [4.69, 9.17) is 9.05 Å². The highest BCUT2D eigenvalue weighted by molar-refractivity contribution is 7.53. The van der Waals surface area contributed by atoms with Crippen LogP contribution >= 0.6 is 7.60 Å². The Hall–Kier alpha value is 0.150. The molecule has 4 heteroatoms. The molecule has 0 aromatic carbocycles. The third-order valence-corrected chi connectivity index (χ3v) is 7.37. The largest absolute Gasteiger partial charge is 0.330 e. The molecule has 0 saturated carbocycles. The maximum atomic E-state index is 12.9. The Balaban J connectivity index is 3.77. The molecule has 0 fully saturated rings. The predicted molar refractivity (Wildman–Crippen MR) is 125 cm³/mol. The lowest BCUT2D eigenvalue weighted by molar-refractivity contribution is 0.197. The van der Waals surface area contributed by atoms with Gasteiger partial charge in [0.05, 0.1) is 19.4 Å². The van der Waals surface area contributed by atoms with Crippen molar-refractivity contribution in [3.63, 3.8) is 0 Å². The lowest BCUT2D eigenvalue weighted by Crippen LogP contribution is -2.03. The van der Waals surface area contributed by atoms with Gasteiger partial charge in [-0.05, 0) is 19.3 Å². The third-order valence-electron chi connectivity index (χ3n) is 5.36. The summed E-state index contributed by atoms with van der Waals surface area (Å²) >= 11 is 0. The van der Waals surface area contributed by atoms with E-state index in [0.29, 0.717) is 19.4 Å². The Bertz CT molecular complexity index is 321. The van der Waals surface area contributed by atoms with Crippen molar-refractivity contribution in [1.29, 1.82) is 0 Å². The van der Waals surface area contributed by atoms with Crippen LogP contribution in [-0.2, 0) is 13.6 Å². The van der Waals surface area contributed by atoms with E-state index in [1.165, 1.54) is 89.9 Å². The minimum Gasteiger partial charge on any atom is -0.309 e. The minimum atomic E-state index is -2.88. The molecule has 0 unspecified atom stereocenters. The zero-order valence-electron chi connectivity index (χ0n) is 19.5. The fourth-order valence-electron chi connectivity index (χ4n) is 3.40. The molecule has 0 aromatic heterocycles. The number of rotatable bonds is 23. The zero-order chi connectivity index (χ0) is 20.8. The van der Waals surface area contributed by atoms with Gasteiger partial charge in [0.1, 0.15) is 0 Å². The summed E-state index contributed by atoms with van der Waals surface area (Å²) < 4.78 is 24.5. The van der Waals surface area contributed by atoms with Crippen LogP contribution in [0, 0.1) is 0 Å². The monoisotopic (exact) mass is 418 g/mol. The number of hydrogen-bond acceptors (Lipinski definition) is 3. The molecule has 0 N–H and O–H groups in total. The van der Waals surface area contributed by atoms with Gasteiger partial charge in [0.15, 0.2) is 0 Å². The molecule has 28 heavy (non-hydrogen) atoms. The van der Waals surface area contributed by atoms with Gasteiger partial charge in [-0.1, -0.05) is 117 Å². The van der Waals surface area contributed by atoms with E-state index in [1.807, 2.05) is 0 Å². The van der Waals surface area contributed by atoms with Crippen LogP contribution in [0.5, 0.6) is 0 Å². The maximum Gasteiger partial charge on any atom is 0.330 e. The zero-order valence-corrected chi connectivity index (χ0v) is 20.4. The van der Waals surface area contributed by atoms with Gasteiger partial charge in [-0.25, -0.2) is 0 Å². The van der Waals surface area contributed by atoms with Crippen molar-refractivity contribution >= 4 is 7.60 Å². The Morgan fingerprint density at radius 3 is 1.14 bits per heavy atom. The fraction of sp³-hybridized carbons (Fsp3) is 1.00. The molecule has 0 aromatic rings. The molecule has 0 rings (SSSR count). The molecule has 3 nitrogen and oxygen atoms in total. The second kappa shape index (κ2) is 21.8. The van der Waals surface area contributed by atoms with E-state index < -0.39 is 7.60 Å². The highest BCUT2D eigenvalue weighted by Crippen LogP contribution is 2.49. The standard InChI is InChI=1S/C24H51O3P/c1-4-7-10-12-14-16-18-20-22-26-28(25,24-9-6-3)27-23-21-19-17-15-13-11-8-5-2/h4-24H2,1-3H3. The topological polar surface area (TPSA) is 35.5 Å². The molecule has 0 amide bonds. The van der Waals surface area contributed by atoms with Gasteiger partial charge in [-0.2, -0.15) is 0 Å². The van der Waals surface area contributed by atoms with Crippen molar-refractivity contribution in [3.8, 4) is 0 Å². The summed E-state index contributed by atoms with van der Waals surface area (Å²) in [4.78, 5) is 0. The summed E-state index contributed by atoms with van der Waals surface area (Å²) in [5, 5.41) is 0. The minimum absolute atomic E-state index is 0.581. The Morgan fingerprint density at radius 1 is 0.464 bits per heavy atom. The molecule has 0 spiro atoms. The second-order valence-electron chi connectivity index (χ2n) is 8.30. The van der Waals surface area contributed by atoms with Gasteiger partial charge >= 0.3 is 7.60 Å². The van der Waals surface area contributed by atoms with Crippen molar-refractivity contribution < 1.29 is 13.6 Å². The molecule has 0 aliphatic carbocycles. The average molecular weight is 419 g/mol. The number of unbranched alkanes of at least 4 members (excludes halogenated alkanes) is 15. The normalized spacial score (nSPS) is 12.0. The maximum absolute atomic E-state index is 12.9. The van der Waals surface area contributed by atoms with Crippen LogP contribution in [0.3, 0.4) is 0 Å². The van der Waals surface area contributed by atoms with E-state index in [1.54, 1.807) is 0 Å². The van der Waals surface area contributed by atoms with E-state index in [9.17, 15) is 4.57 Å². The molecular weight excluding hydrogens is 367 g/mol. The molecular formula is C24H51O3P. The van der Waals surface area contributed by atoms with Crippen molar-refractivity contribution in [2.45, 2.75) is 136 Å². The third kappa shape index (κ3) is 19.5. The first-order valence-corrected chi connectivity index (χ1v) is 14.3. The summed E-state index contributed by atoms with van der Waals surface area (Å²) in [6.07, 6.45) is 22.9. The van der Waals surface area contributed by atoms with Crippen molar-refractivity contribution in [1.82, 2.24) is 0 Å². The predicted octanol–water partition coefficient (Wildman–Crippen LogP) is 9.29. The van der Waals surface area contributed by atoms with E-state index in [2.05, 4.69) is 20.8 Å². The lowest BCUT2D eigenvalue weighted by Gasteiger charge is -2.18. The van der Waals surface area contributed by atoms with Crippen LogP contribution in [0.1, 0.15) is 136 Å². The fourth-order valence-corrected chi connectivity index (χ4v) is 5.25. The Kier molecular flexibility index (Phi) is 22.0. The van der Waals surface area contributed by atoms with Crippen molar-refractivity contribution in [2.75, 3.05) is 19.4 Å². The van der Waals surface area contributed by atoms with Gasteiger partial charge in [-0.3, -0.25) is 4.57 Å². The summed E-state index contributed by atoms with van der Waals surface area (Å²) in [5.74, 6) is 0. The Labute approximate surface area is 177 Å². The van der Waals surface area contributed by atoms with Gasteiger partial charge in [0.25, 0.3) is 0 Å². The van der Waals surface area contributed by atoms with Crippen LogP contribution in [0.2, 0.25) is 0 Å². The summed E-state index contributed by atoms with van der Waals surface area (Å²) in [7, 11) is -2.88. The molecule has 0 atom stereocenters. The smallest absolute Gasteiger partial charge is 0.309 e. The SMILES string of the molecule is CCCCCCCCCCOP(=O)(CCCC)OCCCCCCCCCC. The van der Waals surface area contributed by atoms with Crippen molar-refractivity contribution in [3.05, 3.63) is 0 Å². The highest BCUT2D eigenvalue weighted by Gasteiger charge is 2.23. The van der Waals surface area contributed by atoms with Gasteiger partial charge < -0.3 is 9.05 Å². The second-order valence-corrected chi connectivity index (χ2v) is 10.5. The molecule has 0 saturated heterocycles. The molecule has 170 valence electrons. The average Bonchev–Trinajstić information content (AvgIpc) is 2.70. The molecule has 0 radical (unpaired) electrons. The van der Waals surface area contributed by atoms with E-state index >= 15 is 0 Å². The first kappa shape index (κ1) is 28.1. The van der Waals surface area contributed by atoms with Crippen LogP contribution in [-0.4, -0.2) is 19.4 Å². The van der Waals surface area contributed by atoms with Crippen LogP contribution in [0.25, 0.3) is 0 Å².